The molecule has 0 aliphatic carbocycles. The summed E-state index contributed by atoms with van der Waals surface area (Å²) in [4.78, 5) is 39.5. The Bertz CT molecular complexity index is 582. The number of ether oxygens (including phenoxy) is 1. The van der Waals surface area contributed by atoms with Gasteiger partial charge in [-0.3, -0.25) is 14.4 Å². The van der Waals surface area contributed by atoms with Gasteiger partial charge in [-0.1, -0.05) is 27.7 Å². The number of thiophene rings is 1. The van der Waals surface area contributed by atoms with Crippen LogP contribution < -0.4 is 0 Å². The predicted octanol–water partition coefficient (Wildman–Crippen LogP) is 3.70. The van der Waals surface area contributed by atoms with Crippen LogP contribution in [0.15, 0.2) is 12.1 Å². The molecule has 1 aromatic rings. The minimum Gasteiger partial charge on any atom is -0.456 e. The van der Waals surface area contributed by atoms with Crippen molar-refractivity contribution in [3.63, 3.8) is 0 Å². The third-order valence-electron chi connectivity index (χ3n) is 3.45. The topological polar surface area (TPSA) is 63.7 Å². The predicted molar refractivity (Wildman–Crippen MR) is 99.8 cm³/mol. The number of nitrogens with zero attached hydrogens (tertiary/aromatic N) is 1. The van der Waals surface area contributed by atoms with E-state index in [0.29, 0.717) is 29.8 Å². The highest BCUT2D eigenvalue weighted by atomic mass is 32.1. The van der Waals surface area contributed by atoms with Gasteiger partial charge in [0.15, 0.2) is 12.4 Å². The lowest BCUT2D eigenvalue weighted by Gasteiger charge is -2.26. The number of Topliss-reactive ketones (excluding diaryl/α,β-unsaturated/α-hetero) is 1. The van der Waals surface area contributed by atoms with Gasteiger partial charge in [0.1, 0.15) is 0 Å². The van der Waals surface area contributed by atoms with E-state index in [4.69, 9.17) is 4.74 Å². The molecule has 1 aromatic heterocycles. The van der Waals surface area contributed by atoms with Crippen LogP contribution in [0.1, 0.15) is 55.1 Å². The van der Waals surface area contributed by atoms with Crippen molar-refractivity contribution in [1.82, 2.24) is 4.90 Å². The standard InChI is InChI=1S/C19H29NO4S/c1-13(2)10-20(11-14(3)4)18(22)12-24-19(23)9-7-16(21)17-8-6-15(5)25-17/h6,8,13-14H,7,9-12H2,1-5H3. The summed E-state index contributed by atoms with van der Waals surface area (Å²) in [5.41, 5.74) is 0. The molecular formula is C19H29NO4S. The van der Waals surface area contributed by atoms with Crippen LogP contribution in [0, 0.1) is 18.8 Å². The minimum absolute atomic E-state index is 0.00256. The van der Waals surface area contributed by atoms with Crippen molar-refractivity contribution in [1.29, 1.82) is 0 Å². The quantitative estimate of drug-likeness (QED) is 0.467. The van der Waals surface area contributed by atoms with Gasteiger partial charge in [-0.15, -0.1) is 11.3 Å². The Morgan fingerprint density at radius 2 is 1.64 bits per heavy atom. The van der Waals surface area contributed by atoms with Gasteiger partial charge >= 0.3 is 5.97 Å². The first kappa shape index (κ1) is 21.4. The van der Waals surface area contributed by atoms with Gasteiger partial charge in [0.2, 0.25) is 0 Å². The van der Waals surface area contributed by atoms with E-state index in [1.165, 1.54) is 11.3 Å². The molecule has 0 saturated carbocycles. The second-order valence-electron chi connectivity index (χ2n) is 7.08. The van der Waals surface area contributed by atoms with Gasteiger partial charge in [0, 0.05) is 24.4 Å². The number of aryl methyl sites for hydroxylation is 1. The van der Waals surface area contributed by atoms with Gasteiger partial charge in [0.05, 0.1) is 11.3 Å². The third kappa shape index (κ3) is 8.29. The number of carbonyl (C=O) groups is 3. The van der Waals surface area contributed by atoms with Crippen molar-refractivity contribution in [3.8, 4) is 0 Å². The van der Waals surface area contributed by atoms with Crippen molar-refractivity contribution in [3.05, 3.63) is 21.9 Å². The fourth-order valence-corrected chi connectivity index (χ4v) is 3.22. The zero-order chi connectivity index (χ0) is 19.0. The van der Waals surface area contributed by atoms with Crippen molar-refractivity contribution < 1.29 is 19.1 Å². The van der Waals surface area contributed by atoms with Crippen LogP contribution in [0.2, 0.25) is 0 Å². The second-order valence-corrected chi connectivity index (χ2v) is 8.37. The number of esters is 1. The summed E-state index contributed by atoms with van der Waals surface area (Å²) >= 11 is 1.42. The Morgan fingerprint density at radius 1 is 1.04 bits per heavy atom. The third-order valence-corrected chi connectivity index (χ3v) is 4.49. The molecule has 0 aliphatic heterocycles. The number of carbonyl (C=O) groups excluding carboxylic acids is 3. The average Bonchev–Trinajstić information content (AvgIpc) is 2.95. The van der Waals surface area contributed by atoms with Crippen molar-refractivity contribution in [2.75, 3.05) is 19.7 Å². The van der Waals surface area contributed by atoms with Crippen LogP contribution in [0.3, 0.4) is 0 Å². The van der Waals surface area contributed by atoms with Crippen molar-refractivity contribution in [2.24, 2.45) is 11.8 Å². The first-order valence-corrected chi connectivity index (χ1v) is 9.53. The summed E-state index contributed by atoms with van der Waals surface area (Å²) in [6.45, 7) is 11.1. The summed E-state index contributed by atoms with van der Waals surface area (Å²) < 4.78 is 5.06. The zero-order valence-electron chi connectivity index (χ0n) is 15.8. The Kier molecular flexibility index (Phi) is 8.83. The van der Waals surface area contributed by atoms with Gasteiger partial charge in [-0.05, 0) is 30.9 Å². The first-order valence-electron chi connectivity index (χ1n) is 8.72. The molecule has 0 fully saturated rings. The van der Waals surface area contributed by atoms with Crippen molar-refractivity contribution in [2.45, 2.75) is 47.5 Å². The fourth-order valence-electron chi connectivity index (χ4n) is 2.39. The van der Waals surface area contributed by atoms with E-state index >= 15 is 0 Å². The Morgan fingerprint density at radius 3 is 2.12 bits per heavy atom. The lowest BCUT2D eigenvalue weighted by atomic mass is 10.1. The van der Waals surface area contributed by atoms with Gasteiger partial charge in [-0.2, -0.15) is 0 Å². The number of hydrogen-bond acceptors (Lipinski definition) is 5. The van der Waals surface area contributed by atoms with E-state index in [-0.39, 0.29) is 31.1 Å². The maximum atomic E-state index is 12.3. The molecule has 1 amide bonds. The fraction of sp³-hybridized carbons (Fsp3) is 0.632. The summed E-state index contributed by atoms with van der Waals surface area (Å²) in [5, 5.41) is 0. The number of amides is 1. The van der Waals surface area contributed by atoms with Gasteiger partial charge in [0.25, 0.3) is 5.91 Å². The molecule has 1 rings (SSSR count). The van der Waals surface area contributed by atoms with Crippen LogP contribution in [0.25, 0.3) is 0 Å². The summed E-state index contributed by atoms with van der Waals surface area (Å²) in [5.74, 6) is -0.0573. The van der Waals surface area contributed by atoms with Crippen LogP contribution in [0.4, 0.5) is 0 Å². The normalized spacial score (nSPS) is 11.0. The molecule has 0 aliphatic rings. The monoisotopic (exact) mass is 367 g/mol. The second kappa shape index (κ2) is 10.3. The largest absolute Gasteiger partial charge is 0.456 e. The van der Waals surface area contributed by atoms with Crippen molar-refractivity contribution >= 4 is 29.0 Å². The molecule has 0 radical (unpaired) electrons. The Hall–Kier alpha value is -1.69. The first-order chi connectivity index (χ1) is 11.7. The summed E-state index contributed by atoms with van der Waals surface area (Å²) in [7, 11) is 0. The molecule has 25 heavy (non-hydrogen) atoms. The lowest BCUT2D eigenvalue weighted by molar-refractivity contribution is -0.152. The molecule has 1 heterocycles. The average molecular weight is 368 g/mol. The molecule has 0 unspecified atom stereocenters. The van der Waals surface area contributed by atoms with E-state index in [1.54, 1.807) is 11.0 Å². The SMILES string of the molecule is Cc1ccc(C(=O)CCC(=O)OCC(=O)N(CC(C)C)CC(C)C)s1. The molecule has 140 valence electrons. The maximum Gasteiger partial charge on any atom is 0.306 e. The zero-order valence-corrected chi connectivity index (χ0v) is 16.6. The number of ketones is 1. The Balaban J connectivity index is 2.40. The summed E-state index contributed by atoms with van der Waals surface area (Å²) in [6.07, 6.45) is 0.103. The van der Waals surface area contributed by atoms with Crippen LogP contribution in [-0.4, -0.2) is 42.3 Å². The number of rotatable bonds is 10. The van der Waals surface area contributed by atoms with Crippen LogP contribution >= 0.6 is 11.3 Å². The van der Waals surface area contributed by atoms with E-state index in [2.05, 4.69) is 0 Å². The smallest absolute Gasteiger partial charge is 0.306 e. The van der Waals surface area contributed by atoms with E-state index < -0.39 is 5.97 Å². The molecule has 0 aromatic carbocycles. The van der Waals surface area contributed by atoms with Crippen LogP contribution in [-0.2, 0) is 14.3 Å². The molecule has 5 nitrogen and oxygen atoms in total. The number of hydrogen-bond donors (Lipinski definition) is 0. The lowest BCUT2D eigenvalue weighted by Crippen LogP contribution is -2.39. The van der Waals surface area contributed by atoms with Gasteiger partial charge < -0.3 is 9.64 Å². The van der Waals surface area contributed by atoms with Gasteiger partial charge in [-0.25, -0.2) is 0 Å². The highest BCUT2D eigenvalue weighted by molar-refractivity contribution is 7.14. The molecule has 0 N–H and O–H groups in total. The van der Waals surface area contributed by atoms with E-state index in [0.717, 1.165) is 4.88 Å². The molecule has 0 spiro atoms. The molecule has 6 heteroatoms. The maximum absolute atomic E-state index is 12.3. The highest BCUT2D eigenvalue weighted by Gasteiger charge is 2.18. The molecule has 0 bridgehead atoms. The highest BCUT2D eigenvalue weighted by Crippen LogP contribution is 2.17. The molecule has 0 atom stereocenters. The summed E-state index contributed by atoms with van der Waals surface area (Å²) in [6, 6.07) is 3.65. The molecule has 0 saturated heterocycles. The van der Waals surface area contributed by atoms with E-state index in [1.807, 2.05) is 40.7 Å². The minimum atomic E-state index is -0.510. The molecular weight excluding hydrogens is 338 g/mol. The van der Waals surface area contributed by atoms with E-state index in [9.17, 15) is 14.4 Å². The van der Waals surface area contributed by atoms with Crippen LogP contribution in [0.5, 0.6) is 0 Å². The Labute approximate surface area is 154 Å².